The maximum Gasteiger partial charge on any atom is 0.257 e. The normalized spacial score (nSPS) is 20.6. The summed E-state index contributed by atoms with van der Waals surface area (Å²) in [6.07, 6.45) is -0.497. The van der Waals surface area contributed by atoms with Crippen LogP contribution in [0.25, 0.3) is 0 Å². The molecule has 1 saturated heterocycles. The molecule has 4 nitrogen and oxygen atoms in total. The summed E-state index contributed by atoms with van der Waals surface area (Å²) in [5.74, 6) is 0.456. The zero-order valence-corrected chi connectivity index (χ0v) is 10.9. The molecule has 1 atom stereocenters. The van der Waals surface area contributed by atoms with Crippen molar-refractivity contribution in [3.8, 4) is 0 Å². The molecule has 18 heavy (non-hydrogen) atoms. The van der Waals surface area contributed by atoms with Crippen LogP contribution in [0.3, 0.4) is 0 Å². The standard InChI is InChI=1S/C14H20N2O2/c1-10(2)11-3-5-12(6-4-11)16-7-8-18-13(9-15)14(16)17/h3-6,10,13H,7-9,15H2,1-2H3. The number of carbonyl (C=O) groups is 1. The molecule has 1 aromatic rings. The van der Waals surface area contributed by atoms with Gasteiger partial charge in [0.15, 0.2) is 0 Å². The minimum atomic E-state index is -0.497. The van der Waals surface area contributed by atoms with Crippen LogP contribution in [-0.4, -0.2) is 31.7 Å². The number of hydrogen-bond donors (Lipinski definition) is 1. The maximum absolute atomic E-state index is 12.1. The van der Waals surface area contributed by atoms with Gasteiger partial charge in [-0.1, -0.05) is 26.0 Å². The molecule has 0 bridgehead atoms. The van der Waals surface area contributed by atoms with Gasteiger partial charge >= 0.3 is 0 Å². The summed E-state index contributed by atoms with van der Waals surface area (Å²) in [4.78, 5) is 13.9. The van der Waals surface area contributed by atoms with Crippen molar-refractivity contribution < 1.29 is 9.53 Å². The lowest BCUT2D eigenvalue weighted by atomic mass is 10.0. The smallest absolute Gasteiger partial charge is 0.257 e. The lowest BCUT2D eigenvalue weighted by Crippen LogP contribution is -2.50. The molecular weight excluding hydrogens is 228 g/mol. The summed E-state index contributed by atoms with van der Waals surface area (Å²) >= 11 is 0. The van der Waals surface area contributed by atoms with E-state index in [2.05, 4.69) is 26.0 Å². The fraction of sp³-hybridized carbons (Fsp3) is 0.500. The second kappa shape index (κ2) is 5.50. The average Bonchev–Trinajstić information content (AvgIpc) is 2.39. The van der Waals surface area contributed by atoms with Gasteiger partial charge in [-0.3, -0.25) is 4.79 Å². The number of amides is 1. The Morgan fingerprint density at radius 3 is 2.61 bits per heavy atom. The lowest BCUT2D eigenvalue weighted by molar-refractivity contribution is -0.133. The van der Waals surface area contributed by atoms with Crippen LogP contribution in [0, 0.1) is 0 Å². The van der Waals surface area contributed by atoms with Crippen molar-refractivity contribution in [1.29, 1.82) is 0 Å². The molecule has 1 heterocycles. The van der Waals surface area contributed by atoms with E-state index < -0.39 is 6.10 Å². The molecule has 0 spiro atoms. The van der Waals surface area contributed by atoms with Crippen molar-refractivity contribution in [1.82, 2.24) is 0 Å². The van der Waals surface area contributed by atoms with Crippen LogP contribution in [0.15, 0.2) is 24.3 Å². The molecule has 1 aromatic carbocycles. The van der Waals surface area contributed by atoms with Crippen molar-refractivity contribution in [2.45, 2.75) is 25.9 Å². The van der Waals surface area contributed by atoms with E-state index >= 15 is 0 Å². The first-order valence-electron chi connectivity index (χ1n) is 6.36. The van der Waals surface area contributed by atoms with Gasteiger partial charge in [0.1, 0.15) is 6.10 Å². The summed E-state index contributed by atoms with van der Waals surface area (Å²) in [5, 5.41) is 0. The van der Waals surface area contributed by atoms with Crippen LogP contribution in [0.4, 0.5) is 5.69 Å². The predicted octanol–water partition coefficient (Wildman–Crippen LogP) is 1.50. The van der Waals surface area contributed by atoms with Crippen molar-refractivity contribution >= 4 is 11.6 Å². The van der Waals surface area contributed by atoms with Crippen molar-refractivity contribution in [3.05, 3.63) is 29.8 Å². The zero-order chi connectivity index (χ0) is 13.1. The Morgan fingerprint density at radius 2 is 2.06 bits per heavy atom. The molecule has 98 valence electrons. The number of nitrogens with zero attached hydrogens (tertiary/aromatic N) is 1. The van der Waals surface area contributed by atoms with E-state index in [-0.39, 0.29) is 12.5 Å². The first-order chi connectivity index (χ1) is 8.63. The highest BCUT2D eigenvalue weighted by Crippen LogP contribution is 2.22. The SMILES string of the molecule is CC(C)c1ccc(N2CCOC(CN)C2=O)cc1. The number of rotatable bonds is 3. The fourth-order valence-electron chi connectivity index (χ4n) is 2.11. The quantitative estimate of drug-likeness (QED) is 0.882. The molecule has 0 aromatic heterocycles. The first-order valence-corrected chi connectivity index (χ1v) is 6.36. The topological polar surface area (TPSA) is 55.6 Å². The predicted molar refractivity (Wildman–Crippen MR) is 71.7 cm³/mol. The van der Waals surface area contributed by atoms with Crippen LogP contribution in [-0.2, 0) is 9.53 Å². The molecule has 4 heteroatoms. The van der Waals surface area contributed by atoms with Crippen LogP contribution < -0.4 is 10.6 Å². The molecule has 1 aliphatic heterocycles. The molecule has 0 saturated carbocycles. The summed E-state index contributed by atoms with van der Waals surface area (Å²) in [6, 6.07) is 8.12. The molecular formula is C14H20N2O2. The van der Waals surface area contributed by atoms with E-state index in [1.54, 1.807) is 4.90 Å². The summed E-state index contributed by atoms with van der Waals surface area (Å²) < 4.78 is 5.34. The van der Waals surface area contributed by atoms with E-state index in [9.17, 15) is 4.79 Å². The molecule has 0 aliphatic carbocycles. The maximum atomic E-state index is 12.1. The van der Waals surface area contributed by atoms with Crippen molar-refractivity contribution in [2.24, 2.45) is 5.73 Å². The highest BCUT2D eigenvalue weighted by atomic mass is 16.5. The number of benzene rings is 1. The van der Waals surface area contributed by atoms with Crippen LogP contribution >= 0.6 is 0 Å². The third-order valence-corrected chi connectivity index (χ3v) is 3.26. The number of carbonyl (C=O) groups excluding carboxylic acids is 1. The van der Waals surface area contributed by atoms with E-state index in [4.69, 9.17) is 10.5 Å². The number of ether oxygens (including phenoxy) is 1. The first kappa shape index (κ1) is 13.1. The second-order valence-corrected chi connectivity index (χ2v) is 4.83. The van der Waals surface area contributed by atoms with Gasteiger partial charge in [0.05, 0.1) is 6.61 Å². The van der Waals surface area contributed by atoms with Crippen LogP contribution in [0.5, 0.6) is 0 Å². The molecule has 1 aliphatic rings. The number of nitrogens with two attached hydrogens (primary N) is 1. The van der Waals surface area contributed by atoms with Crippen LogP contribution in [0.1, 0.15) is 25.3 Å². The van der Waals surface area contributed by atoms with Crippen LogP contribution in [0.2, 0.25) is 0 Å². The average molecular weight is 248 g/mol. The number of anilines is 1. The van der Waals surface area contributed by atoms with Gasteiger partial charge in [0.2, 0.25) is 0 Å². The van der Waals surface area contributed by atoms with E-state index in [1.165, 1.54) is 5.56 Å². The van der Waals surface area contributed by atoms with Gasteiger partial charge < -0.3 is 15.4 Å². The number of morpholine rings is 1. The molecule has 1 unspecified atom stereocenters. The Kier molecular flexibility index (Phi) is 3.99. The Hall–Kier alpha value is -1.39. The van der Waals surface area contributed by atoms with Gasteiger partial charge in [-0.2, -0.15) is 0 Å². The van der Waals surface area contributed by atoms with Gasteiger partial charge in [0.25, 0.3) is 5.91 Å². The highest BCUT2D eigenvalue weighted by molar-refractivity contribution is 5.97. The summed E-state index contributed by atoms with van der Waals surface area (Å²) in [5.41, 5.74) is 7.72. The van der Waals surface area contributed by atoms with Gasteiger partial charge in [-0.15, -0.1) is 0 Å². The highest BCUT2D eigenvalue weighted by Gasteiger charge is 2.29. The molecule has 1 fully saturated rings. The Bertz CT molecular complexity index is 414. The minimum Gasteiger partial charge on any atom is -0.365 e. The van der Waals surface area contributed by atoms with Crippen molar-refractivity contribution in [3.63, 3.8) is 0 Å². The van der Waals surface area contributed by atoms with E-state index in [0.29, 0.717) is 19.1 Å². The third-order valence-electron chi connectivity index (χ3n) is 3.26. The van der Waals surface area contributed by atoms with Crippen molar-refractivity contribution in [2.75, 3.05) is 24.6 Å². The Labute approximate surface area is 108 Å². The fourth-order valence-corrected chi connectivity index (χ4v) is 2.11. The Balaban J connectivity index is 2.17. The molecule has 2 rings (SSSR count). The van der Waals surface area contributed by atoms with Gasteiger partial charge in [-0.05, 0) is 23.6 Å². The minimum absolute atomic E-state index is 0.0407. The van der Waals surface area contributed by atoms with Gasteiger partial charge in [0, 0.05) is 18.8 Å². The zero-order valence-electron chi connectivity index (χ0n) is 10.9. The van der Waals surface area contributed by atoms with E-state index in [1.807, 2.05) is 12.1 Å². The molecule has 0 radical (unpaired) electrons. The van der Waals surface area contributed by atoms with Gasteiger partial charge in [-0.25, -0.2) is 0 Å². The molecule has 1 amide bonds. The van der Waals surface area contributed by atoms with E-state index in [0.717, 1.165) is 5.69 Å². The summed E-state index contributed by atoms with van der Waals surface area (Å²) in [7, 11) is 0. The third kappa shape index (κ3) is 2.54. The molecule has 2 N–H and O–H groups in total. The number of hydrogen-bond acceptors (Lipinski definition) is 3. The Morgan fingerprint density at radius 1 is 1.39 bits per heavy atom. The monoisotopic (exact) mass is 248 g/mol. The lowest BCUT2D eigenvalue weighted by Gasteiger charge is -2.32. The summed E-state index contributed by atoms with van der Waals surface area (Å²) in [6.45, 7) is 5.67. The largest absolute Gasteiger partial charge is 0.365 e. The second-order valence-electron chi connectivity index (χ2n) is 4.83.